The molecule has 2 heterocycles. The van der Waals surface area contributed by atoms with Crippen molar-refractivity contribution in [3.63, 3.8) is 0 Å². The van der Waals surface area contributed by atoms with Crippen LogP contribution < -0.4 is 5.73 Å². The summed E-state index contributed by atoms with van der Waals surface area (Å²) in [7, 11) is 0. The van der Waals surface area contributed by atoms with Crippen molar-refractivity contribution >= 4 is 11.4 Å². The van der Waals surface area contributed by atoms with Gasteiger partial charge in [-0.3, -0.25) is 4.79 Å². The minimum absolute atomic E-state index is 0.337. The number of aromatic nitrogens is 2. The van der Waals surface area contributed by atoms with E-state index < -0.39 is 5.91 Å². The molecule has 0 atom stereocenters. The van der Waals surface area contributed by atoms with Crippen LogP contribution in [0.3, 0.4) is 0 Å². The summed E-state index contributed by atoms with van der Waals surface area (Å²) in [6, 6.07) is 3.77. The Morgan fingerprint density at radius 2 is 2.27 bits per heavy atom. The van der Waals surface area contributed by atoms with Gasteiger partial charge in [-0.15, -0.1) is 0 Å². The minimum Gasteiger partial charge on any atom is -0.366 e. The zero-order chi connectivity index (χ0) is 11.0. The van der Waals surface area contributed by atoms with Gasteiger partial charge in [-0.1, -0.05) is 13.8 Å². The molecular formula is C11H13N3O. The molecule has 0 saturated heterocycles. The first-order chi connectivity index (χ1) is 7.09. The van der Waals surface area contributed by atoms with Gasteiger partial charge in [0.2, 0.25) is 5.91 Å². The van der Waals surface area contributed by atoms with Crippen LogP contribution in [-0.4, -0.2) is 15.5 Å². The van der Waals surface area contributed by atoms with E-state index in [1.807, 2.05) is 12.1 Å². The number of amides is 1. The highest BCUT2D eigenvalue weighted by Gasteiger charge is 2.10. The fourth-order valence-corrected chi connectivity index (χ4v) is 1.65. The standard InChI is InChI=1S/C11H13N3O/c1-7(2)9-5-8(11(12)15)6-14-10(9)3-4-13-14/h3-7H,1-2H3,(H2,12,15). The summed E-state index contributed by atoms with van der Waals surface area (Å²) in [5.41, 5.74) is 7.87. The van der Waals surface area contributed by atoms with Crippen molar-refractivity contribution in [3.8, 4) is 0 Å². The molecule has 0 radical (unpaired) electrons. The largest absolute Gasteiger partial charge is 0.366 e. The molecule has 4 heteroatoms. The quantitative estimate of drug-likeness (QED) is 0.805. The predicted octanol–water partition coefficient (Wildman–Crippen LogP) is 1.56. The maximum atomic E-state index is 11.1. The first kappa shape index (κ1) is 9.71. The maximum absolute atomic E-state index is 11.1. The molecule has 0 bridgehead atoms. The fraction of sp³-hybridized carbons (Fsp3) is 0.273. The monoisotopic (exact) mass is 203 g/mol. The number of primary amides is 1. The van der Waals surface area contributed by atoms with Gasteiger partial charge in [-0.25, -0.2) is 4.52 Å². The third-order valence-electron chi connectivity index (χ3n) is 2.44. The van der Waals surface area contributed by atoms with Gasteiger partial charge in [0.25, 0.3) is 0 Å². The third kappa shape index (κ3) is 1.58. The zero-order valence-corrected chi connectivity index (χ0v) is 8.77. The van der Waals surface area contributed by atoms with Gasteiger partial charge in [-0.2, -0.15) is 5.10 Å². The Morgan fingerprint density at radius 3 is 2.87 bits per heavy atom. The number of fused-ring (bicyclic) bond motifs is 1. The van der Waals surface area contributed by atoms with Crippen LogP contribution in [0.5, 0.6) is 0 Å². The van der Waals surface area contributed by atoms with Gasteiger partial charge in [-0.05, 0) is 23.6 Å². The summed E-state index contributed by atoms with van der Waals surface area (Å²) in [5, 5.41) is 4.11. The summed E-state index contributed by atoms with van der Waals surface area (Å²) in [5.74, 6) is -0.0854. The van der Waals surface area contributed by atoms with Gasteiger partial charge in [0.05, 0.1) is 11.1 Å². The van der Waals surface area contributed by atoms with Gasteiger partial charge >= 0.3 is 0 Å². The Kier molecular flexibility index (Phi) is 2.19. The molecule has 2 rings (SSSR count). The molecule has 0 aliphatic rings. The molecule has 2 aromatic heterocycles. The molecule has 2 N–H and O–H groups in total. The lowest BCUT2D eigenvalue weighted by Crippen LogP contribution is -2.13. The zero-order valence-electron chi connectivity index (χ0n) is 8.77. The van der Waals surface area contributed by atoms with Gasteiger partial charge in [0.1, 0.15) is 0 Å². The molecule has 0 unspecified atom stereocenters. The average Bonchev–Trinajstić information content (AvgIpc) is 2.62. The molecule has 78 valence electrons. The maximum Gasteiger partial charge on any atom is 0.250 e. The highest BCUT2D eigenvalue weighted by molar-refractivity contribution is 5.93. The smallest absolute Gasteiger partial charge is 0.250 e. The SMILES string of the molecule is CC(C)c1cc(C(N)=O)cn2nccc12. The third-order valence-corrected chi connectivity index (χ3v) is 2.44. The van der Waals surface area contributed by atoms with E-state index in [0.29, 0.717) is 11.5 Å². The molecule has 0 aliphatic heterocycles. The molecule has 0 aromatic carbocycles. The van der Waals surface area contributed by atoms with Gasteiger partial charge < -0.3 is 5.73 Å². The molecular weight excluding hydrogens is 190 g/mol. The first-order valence-corrected chi connectivity index (χ1v) is 4.86. The molecule has 4 nitrogen and oxygen atoms in total. The summed E-state index contributed by atoms with van der Waals surface area (Å²) in [6.07, 6.45) is 3.37. The Labute approximate surface area is 87.7 Å². The van der Waals surface area contributed by atoms with Crippen molar-refractivity contribution in [1.29, 1.82) is 0 Å². The predicted molar refractivity (Wildman–Crippen MR) is 57.8 cm³/mol. The number of rotatable bonds is 2. The van der Waals surface area contributed by atoms with Crippen molar-refractivity contribution in [2.45, 2.75) is 19.8 Å². The van der Waals surface area contributed by atoms with E-state index in [-0.39, 0.29) is 0 Å². The number of carbonyl (C=O) groups is 1. The molecule has 2 aromatic rings. The lowest BCUT2D eigenvalue weighted by atomic mass is 10.0. The van der Waals surface area contributed by atoms with Crippen molar-refractivity contribution in [2.24, 2.45) is 5.73 Å². The fourth-order valence-electron chi connectivity index (χ4n) is 1.65. The molecule has 0 saturated carbocycles. The van der Waals surface area contributed by atoms with Crippen LogP contribution in [0.25, 0.3) is 5.52 Å². The first-order valence-electron chi connectivity index (χ1n) is 4.86. The van der Waals surface area contributed by atoms with E-state index in [1.165, 1.54) is 0 Å². The van der Waals surface area contributed by atoms with E-state index in [1.54, 1.807) is 16.9 Å². The normalized spacial score (nSPS) is 11.1. The number of pyridine rings is 1. The van der Waals surface area contributed by atoms with Crippen molar-refractivity contribution in [1.82, 2.24) is 9.61 Å². The Balaban J connectivity index is 2.74. The second-order valence-electron chi connectivity index (χ2n) is 3.86. The Morgan fingerprint density at radius 1 is 1.53 bits per heavy atom. The topological polar surface area (TPSA) is 60.4 Å². The second-order valence-corrected chi connectivity index (χ2v) is 3.86. The molecule has 0 aliphatic carbocycles. The molecule has 15 heavy (non-hydrogen) atoms. The number of carbonyl (C=O) groups excluding carboxylic acids is 1. The Bertz CT molecular complexity index is 514. The number of hydrogen-bond acceptors (Lipinski definition) is 2. The van der Waals surface area contributed by atoms with Crippen LogP contribution in [0.4, 0.5) is 0 Å². The molecule has 1 amide bonds. The highest BCUT2D eigenvalue weighted by Crippen LogP contribution is 2.21. The van der Waals surface area contributed by atoms with Crippen LogP contribution in [0.15, 0.2) is 24.5 Å². The number of nitrogens with two attached hydrogens (primary N) is 1. The van der Waals surface area contributed by atoms with Crippen LogP contribution in [0, 0.1) is 0 Å². The van der Waals surface area contributed by atoms with E-state index >= 15 is 0 Å². The van der Waals surface area contributed by atoms with Crippen molar-refractivity contribution in [3.05, 3.63) is 35.7 Å². The average molecular weight is 203 g/mol. The van der Waals surface area contributed by atoms with Crippen LogP contribution in [0.2, 0.25) is 0 Å². The molecule has 0 fully saturated rings. The highest BCUT2D eigenvalue weighted by atomic mass is 16.1. The summed E-state index contributed by atoms with van der Waals surface area (Å²) < 4.78 is 1.69. The van der Waals surface area contributed by atoms with Crippen molar-refractivity contribution in [2.75, 3.05) is 0 Å². The summed E-state index contributed by atoms with van der Waals surface area (Å²) >= 11 is 0. The van der Waals surface area contributed by atoms with E-state index in [4.69, 9.17) is 5.73 Å². The van der Waals surface area contributed by atoms with Crippen molar-refractivity contribution < 1.29 is 4.79 Å². The van der Waals surface area contributed by atoms with Crippen LogP contribution >= 0.6 is 0 Å². The molecule has 0 spiro atoms. The van der Waals surface area contributed by atoms with Gasteiger partial charge in [0, 0.05) is 12.4 Å². The summed E-state index contributed by atoms with van der Waals surface area (Å²) in [4.78, 5) is 11.1. The van der Waals surface area contributed by atoms with E-state index in [2.05, 4.69) is 18.9 Å². The minimum atomic E-state index is -0.422. The number of hydrogen-bond donors (Lipinski definition) is 1. The van der Waals surface area contributed by atoms with E-state index in [9.17, 15) is 4.79 Å². The van der Waals surface area contributed by atoms with E-state index in [0.717, 1.165) is 11.1 Å². The second kappa shape index (κ2) is 3.38. The van der Waals surface area contributed by atoms with Gasteiger partial charge in [0.15, 0.2) is 0 Å². The lowest BCUT2D eigenvalue weighted by Gasteiger charge is -2.09. The van der Waals surface area contributed by atoms with Crippen LogP contribution in [-0.2, 0) is 0 Å². The lowest BCUT2D eigenvalue weighted by molar-refractivity contribution is 0.0999. The Hall–Kier alpha value is -1.84. The number of nitrogens with zero attached hydrogens (tertiary/aromatic N) is 2. The van der Waals surface area contributed by atoms with Crippen LogP contribution in [0.1, 0.15) is 35.7 Å². The summed E-state index contributed by atoms with van der Waals surface area (Å²) in [6.45, 7) is 4.15.